The maximum absolute atomic E-state index is 9.35. The minimum absolute atomic E-state index is 0.105. The van der Waals surface area contributed by atoms with E-state index in [1.165, 1.54) is 0 Å². The Morgan fingerprint density at radius 3 is 1.80 bits per heavy atom. The zero-order valence-electron chi connectivity index (χ0n) is 8.95. The van der Waals surface area contributed by atoms with Crippen molar-refractivity contribution in [3.63, 3.8) is 0 Å². The quantitative estimate of drug-likeness (QED) is 0.337. The van der Waals surface area contributed by atoms with Gasteiger partial charge in [-0.3, -0.25) is 0 Å². The summed E-state index contributed by atoms with van der Waals surface area (Å²) < 4.78 is 5.02. The van der Waals surface area contributed by atoms with Crippen molar-refractivity contribution in [2.24, 2.45) is 0 Å². The Kier molecular flexibility index (Phi) is 6.99. The average molecular weight is 224 g/mol. The molecule has 0 saturated heterocycles. The smallest absolute Gasteiger partial charge is 0.111 e. The maximum Gasteiger partial charge on any atom is 0.111 e. The Hall–Kier alpha value is -0.240. The molecule has 0 aliphatic heterocycles. The first-order valence-corrected chi connectivity index (χ1v) is 4.84. The molecule has 0 heterocycles. The number of ether oxygens (including phenoxy) is 1. The van der Waals surface area contributed by atoms with Gasteiger partial charge in [0.2, 0.25) is 0 Å². The van der Waals surface area contributed by atoms with Crippen molar-refractivity contribution < 1.29 is 30.3 Å². The predicted molar refractivity (Wildman–Crippen MR) is 52.2 cm³/mol. The molecule has 6 nitrogen and oxygen atoms in total. The molecule has 6 heteroatoms. The number of aliphatic hydroxyl groups excluding tert-OH is 5. The second-order valence-electron chi connectivity index (χ2n) is 3.68. The third-order valence-electron chi connectivity index (χ3n) is 1.93. The van der Waals surface area contributed by atoms with Crippen LogP contribution in [0.3, 0.4) is 0 Å². The zero-order chi connectivity index (χ0) is 12.0. The molecule has 0 aromatic rings. The van der Waals surface area contributed by atoms with E-state index in [2.05, 4.69) is 0 Å². The molecule has 0 saturated carbocycles. The highest BCUT2D eigenvalue weighted by molar-refractivity contribution is 4.80. The summed E-state index contributed by atoms with van der Waals surface area (Å²) >= 11 is 0. The van der Waals surface area contributed by atoms with E-state index >= 15 is 0 Å². The molecule has 0 amide bonds. The molecule has 4 atom stereocenters. The predicted octanol–water partition coefficient (Wildman–Crippen LogP) is -2.15. The second kappa shape index (κ2) is 7.10. The minimum atomic E-state index is -1.60. The normalized spacial score (nSPS) is 20.0. The summed E-state index contributed by atoms with van der Waals surface area (Å²) in [6, 6.07) is 0. The van der Waals surface area contributed by atoms with Crippen LogP contribution in [0.2, 0.25) is 0 Å². The van der Waals surface area contributed by atoms with E-state index < -0.39 is 31.0 Å². The van der Waals surface area contributed by atoms with E-state index in [9.17, 15) is 15.3 Å². The molecule has 0 fully saturated rings. The summed E-state index contributed by atoms with van der Waals surface area (Å²) in [6.45, 7) is 2.69. The van der Waals surface area contributed by atoms with Crippen LogP contribution in [0.15, 0.2) is 0 Å². The van der Waals surface area contributed by atoms with E-state index in [0.29, 0.717) is 0 Å². The van der Waals surface area contributed by atoms with E-state index in [0.717, 1.165) is 0 Å². The van der Waals surface area contributed by atoms with Crippen LogP contribution in [0, 0.1) is 0 Å². The van der Waals surface area contributed by atoms with Crippen molar-refractivity contribution in [2.45, 2.75) is 44.4 Å². The summed E-state index contributed by atoms with van der Waals surface area (Å²) in [4.78, 5) is 0. The zero-order valence-corrected chi connectivity index (χ0v) is 8.95. The average Bonchev–Trinajstić information content (AvgIpc) is 2.22. The summed E-state index contributed by atoms with van der Waals surface area (Å²) in [5.41, 5.74) is 0. The Balaban J connectivity index is 4.01. The summed E-state index contributed by atoms with van der Waals surface area (Å²) in [5, 5.41) is 45.5. The van der Waals surface area contributed by atoms with Crippen LogP contribution in [-0.2, 0) is 4.74 Å². The summed E-state index contributed by atoms with van der Waals surface area (Å²) in [5.74, 6) is 0. The Morgan fingerprint density at radius 2 is 1.40 bits per heavy atom. The first-order chi connectivity index (χ1) is 6.90. The third-order valence-corrected chi connectivity index (χ3v) is 1.93. The highest BCUT2D eigenvalue weighted by Gasteiger charge is 2.30. The SMILES string of the molecule is CC(C)OC[C@H](O)[C@@H](O)[C@H](O)[C@H](O)CO. The first-order valence-electron chi connectivity index (χ1n) is 4.84. The van der Waals surface area contributed by atoms with Gasteiger partial charge < -0.3 is 30.3 Å². The van der Waals surface area contributed by atoms with Gasteiger partial charge in [-0.25, -0.2) is 0 Å². The highest BCUT2D eigenvalue weighted by Crippen LogP contribution is 2.06. The van der Waals surface area contributed by atoms with Crippen molar-refractivity contribution >= 4 is 0 Å². The van der Waals surface area contributed by atoms with Crippen LogP contribution in [0.25, 0.3) is 0 Å². The van der Waals surface area contributed by atoms with Crippen molar-refractivity contribution in [1.82, 2.24) is 0 Å². The van der Waals surface area contributed by atoms with Crippen LogP contribution < -0.4 is 0 Å². The molecular weight excluding hydrogens is 204 g/mol. The molecule has 0 bridgehead atoms. The topological polar surface area (TPSA) is 110 Å². The van der Waals surface area contributed by atoms with E-state index in [-0.39, 0.29) is 12.7 Å². The van der Waals surface area contributed by atoms with Gasteiger partial charge in [-0.15, -0.1) is 0 Å². The van der Waals surface area contributed by atoms with E-state index in [1.54, 1.807) is 13.8 Å². The fourth-order valence-electron chi connectivity index (χ4n) is 0.953. The molecule has 0 radical (unpaired) electrons. The number of aliphatic hydroxyl groups is 5. The van der Waals surface area contributed by atoms with Crippen LogP contribution >= 0.6 is 0 Å². The van der Waals surface area contributed by atoms with Crippen molar-refractivity contribution in [3.05, 3.63) is 0 Å². The molecule has 15 heavy (non-hydrogen) atoms. The fourth-order valence-corrected chi connectivity index (χ4v) is 0.953. The van der Waals surface area contributed by atoms with Crippen LogP contribution in [0.1, 0.15) is 13.8 Å². The van der Waals surface area contributed by atoms with Gasteiger partial charge in [0.1, 0.15) is 24.4 Å². The second-order valence-corrected chi connectivity index (χ2v) is 3.68. The van der Waals surface area contributed by atoms with Gasteiger partial charge in [0.15, 0.2) is 0 Å². The largest absolute Gasteiger partial charge is 0.394 e. The van der Waals surface area contributed by atoms with Gasteiger partial charge in [0.05, 0.1) is 19.3 Å². The molecule has 0 unspecified atom stereocenters. The molecular formula is C9H20O6. The van der Waals surface area contributed by atoms with Crippen molar-refractivity contribution in [1.29, 1.82) is 0 Å². The number of hydrogen-bond donors (Lipinski definition) is 5. The fraction of sp³-hybridized carbons (Fsp3) is 1.00. The Bertz CT molecular complexity index is 163. The number of hydrogen-bond acceptors (Lipinski definition) is 6. The molecule has 0 aliphatic carbocycles. The van der Waals surface area contributed by atoms with Crippen molar-refractivity contribution in [2.75, 3.05) is 13.2 Å². The molecule has 0 rings (SSSR count). The lowest BCUT2D eigenvalue weighted by Crippen LogP contribution is -2.47. The Labute approximate surface area is 88.7 Å². The van der Waals surface area contributed by atoms with Gasteiger partial charge in [0.25, 0.3) is 0 Å². The molecule has 5 N–H and O–H groups in total. The number of rotatable bonds is 7. The van der Waals surface area contributed by atoms with E-state index in [4.69, 9.17) is 14.9 Å². The van der Waals surface area contributed by atoms with Crippen molar-refractivity contribution in [3.8, 4) is 0 Å². The van der Waals surface area contributed by atoms with Gasteiger partial charge >= 0.3 is 0 Å². The maximum atomic E-state index is 9.35. The Morgan fingerprint density at radius 1 is 0.933 bits per heavy atom. The highest BCUT2D eigenvalue weighted by atomic mass is 16.5. The van der Waals surface area contributed by atoms with Crippen LogP contribution in [-0.4, -0.2) is 69.3 Å². The molecule has 0 spiro atoms. The molecule has 92 valence electrons. The first kappa shape index (κ1) is 14.8. The monoisotopic (exact) mass is 224 g/mol. The molecule has 0 aromatic carbocycles. The van der Waals surface area contributed by atoms with E-state index in [1.807, 2.05) is 0 Å². The summed E-state index contributed by atoms with van der Waals surface area (Å²) in [6.07, 6.45) is -6.03. The minimum Gasteiger partial charge on any atom is -0.394 e. The van der Waals surface area contributed by atoms with Crippen LogP contribution in [0.4, 0.5) is 0 Å². The van der Waals surface area contributed by atoms with Gasteiger partial charge in [-0.2, -0.15) is 0 Å². The lowest BCUT2D eigenvalue weighted by atomic mass is 10.0. The molecule has 0 aromatic heterocycles. The van der Waals surface area contributed by atoms with Gasteiger partial charge in [0, 0.05) is 0 Å². The van der Waals surface area contributed by atoms with Gasteiger partial charge in [-0.1, -0.05) is 0 Å². The van der Waals surface area contributed by atoms with Gasteiger partial charge in [-0.05, 0) is 13.8 Å². The standard InChI is InChI=1S/C9H20O6/c1-5(2)15-4-7(12)9(14)8(13)6(11)3-10/h5-14H,3-4H2,1-2H3/t6-,7+,8-,9-/m1/s1. The summed E-state index contributed by atoms with van der Waals surface area (Å²) in [7, 11) is 0. The van der Waals surface area contributed by atoms with Crippen LogP contribution in [0.5, 0.6) is 0 Å². The lowest BCUT2D eigenvalue weighted by Gasteiger charge is -2.25. The lowest BCUT2D eigenvalue weighted by molar-refractivity contribution is -0.132. The third kappa shape index (κ3) is 5.41. The molecule has 0 aliphatic rings.